The average Bonchev–Trinajstić information content (AvgIpc) is 3.16. The van der Waals surface area contributed by atoms with Crippen molar-refractivity contribution < 1.29 is 13.9 Å². The van der Waals surface area contributed by atoms with Crippen molar-refractivity contribution in [3.05, 3.63) is 65.9 Å². The van der Waals surface area contributed by atoms with Gasteiger partial charge in [0.2, 0.25) is 5.89 Å². The van der Waals surface area contributed by atoms with E-state index in [1.165, 1.54) is 5.56 Å². The van der Waals surface area contributed by atoms with Crippen LogP contribution < -0.4 is 5.32 Å². The van der Waals surface area contributed by atoms with Gasteiger partial charge in [0.25, 0.3) is 5.91 Å². The minimum absolute atomic E-state index is 0.146. The van der Waals surface area contributed by atoms with Crippen molar-refractivity contribution in [2.24, 2.45) is 0 Å². The lowest BCUT2D eigenvalue weighted by molar-refractivity contribution is 0.0949. The maximum atomic E-state index is 12.5. The topological polar surface area (TPSA) is 64.4 Å². The Morgan fingerprint density at radius 1 is 1.15 bits per heavy atom. The molecule has 134 valence electrons. The molecule has 0 spiro atoms. The van der Waals surface area contributed by atoms with Gasteiger partial charge < -0.3 is 14.5 Å². The summed E-state index contributed by atoms with van der Waals surface area (Å²) in [7, 11) is 1.64. The largest absolute Gasteiger partial charge is 0.436 e. The lowest BCUT2D eigenvalue weighted by Gasteiger charge is -2.08. The van der Waals surface area contributed by atoms with Crippen molar-refractivity contribution in [3.63, 3.8) is 0 Å². The third-order valence-electron chi connectivity index (χ3n) is 4.05. The molecule has 5 nitrogen and oxygen atoms in total. The van der Waals surface area contributed by atoms with E-state index in [0.717, 1.165) is 12.0 Å². The van der Waals surface area contributed by atoms with Gasteiger partial charge in [-0.05, 0) is 25.5 Å². The number of benzene rings is 2. The van der Waals surface area contributed by atoms with E-state index in [4.69, 9.17) is 9.15 Å². The van der Waals surface area contributed by atoms with Gasteiger partial charge in [-0.1, -0.05) is 42.0 Å². The number of hydrogen-bond acceptors (Lipinski definition) is 4. The van der Waals surface area contributed by atoms with Crippen LogP contribution in [0.5, 0.6) is 0 Å². The smallest absolute Gasteiger partial charge is 0.252 e. The zero-order valence-corrected chi connectivity index (χ0v) is 15.0. The van der Waals surface area contributed by atoms with Crippen LogP contribution in [0, 0.1) is 6.92 Å². The summed E-state index contributed by atoms with van der Waals surface area (Å²) in [5.41, 5.74) is 3.36. The SMILES string of the molecule is COCCCNC(=O)c1ccccc1-c1ncc(-c2ccc(C)cc2)o1. The van der Waals surface area contributed by atoms with Gasteiger partial charge in [0.05, 0.1) is 11.8 Å². The minimum Gasteiger partial charge on any atom is -0.436 e. The van der Waals surface area contributed by atoms with Gasteiger partial charge in [-0.2, -0.15) is 0 Å². The number of amides is 1. The third-order valence-corrected chi connectivity index (χ3v) is 4.05. The fourth-order valence-corrected chi connectivity index (χ4v) is 2.63. The van der Waals surface area contributed by atoms with Crippen LogP contribution in [0.3, 0.4) is 0 Å². The summed E-state index contributed by atoms with van der Waals surface area (Å²) in [6, 6.07) is 15.4. The summed E-state index contributed by atoms with van der Waals surface area (Å²) in [6.45, 7) is 3.21. The summed E-state index contributed by atoms with van der Waals surface area (Å²) < 4.78 is 10.9. The van der Waals surface area contributed by atoms with Crippen molar-refractivity contribution in [1.82, 2.24) is 10.3 Å². The van der Waals surface area contributed by atoms with Crippen molar-refractivity contribution in [1.29, 1.82) is 0 Å². The van der Waals surface area contributed by atoms with Gasteiger partial charge in [-0.25, -0.2) is 4.98 Å². The average molecular weight is 350 g/mol. The summed E-state index contributed by atoms with van der Waals surface area (Å²) in [5, 5.41) is 2.90. The number of carbonyl (C=O) groups excluding carboxylic acids is 1. The van der Waals surface area contributed by atoms with Crippen LogP contribution in [0.15, 0.2) is 59.1 Å². The molecule has 0 unspecified atom stereocenters. The highest BCUT2D eigenvalue weighted by Gasteiger charge is 2.16. The van der Waals surface area contributed by atoms with E-state index in [9.17, 15) is 4.79 Å². The summed E-state index contributed by atoms with van der Waals surface area (Å²) in [5.74, 6) is 0.963. The molecule has 26 heavy (non-hydrogen) atoms. The molecule has 0 fully saturated rings. The number of oxazole rings is 1. The molecule has 0 bridgehead atoms. The number of hydrogen-bond donors (Lipinski definition) is 1. The van der Waals surface area contributed by atoms with E-state index >= 15 is 0 Å². The predicted octanol–water partition coefficient (Wildman–Crippen LogP) is 4.08. The van der Waals surface area contributed by atoms with Crippen LogP contribution in [0.1, 0.15) is 22.3 Å². The Bertz CT molecular complexity index is 869. The highest BCUT2D eigenvalue weighted by molar-refractivity contribution is 6.00. The number of aryl methyl sites for hydroxylation is 1. The molecule has 2 aromatic carbocycles. The summed E-state index contributed by atoms with van der Waals surface area (Å²) >= 11 is 0. The third kappa shape index (κ3) is 4.18. The molecule has 1 aromatic heterocycles. The molecule has 1 heterocycles. The molecule has 0 aliphatic carbocycles. The maximum Gasteiger partial charge on any atom is 0.252 e. The van der Waals surface area contributed by atoms with Crippen LogP contribution in [0.2, 0.25) is 0 Å². The van der Waals surface area contributed by atoms with Crippen LogP contribution in [-0.2, 0) is 4.74 Å². The number of ether oxygens (including phenoxy) is 1. The maximum absolute atomic E-state index is 12.5. The summed E-state index contributed by atoms with van der Waals surface area (Å²) in [6.07, 6.45) is 2.45. The fraction of sp³-hybridized carbons (Fsp3) is 0.238. The Morgan fingerprint density at radius 3 is 2.69 bits per heavy atom. The predicted molar refractivity (Wildman–Crippen MR) is 101 cm³/mol. The van der Waals surface area contributed by atoms with Gasteiger partial charge in [0.1, 0.15) is 0 Å². The van der Waals surface area contributed by atoms with Crippen LogP contribution in [0.4, 0.5) is 0 Å². The molecule has 0 aliphatic heterocycles. The Labute approximate surface area is 153 Å². The van der Waals surface area contributed by atoms with Crippen molar-refractivity contribution >= 4 is 5.91 Å². The second-order valence-corrected chi connectivity index (χ2v) is 6.04. The normalized spacial score (nSPS) is 10.7. The van der Waals surface area contributed by atoms with E-state index in [1.54, 1.807) is 19.4 Å². The number of aromatic nitrogens is 1. The molecular weight excluding hydrogens is 328 g/mol. The first-order chi connectivity index (χ1) is 12.7. The molecule has 3 rings (SSSR count). The number of carbonyl (C=O) groups is 1. The molecule has 0 radical (unpaired) electrons. The molecule has 0 atom stereocenters. The van der Waals surface area contributed by atoms with Crippen LogP contribution >= 0.6 is 0 Å². The molecule has 1 N–H and O–H groups in total. The van der Waals surface area contributed by atoms with Gasteiger partial charge >= 0.3 is 0 Å². The molecule has 0 saturated carbocycles. The van der Waals surface area contributed by atoms with Gasteiger partial charge in [0, 0.05) is 31.4 Å². The summed E-state index contributed by atoms with van der Waals surface area (Å²) in [4.78, 5) is 16.9. The Morgan fingerprint density at radius 2 is 1.92 bits per heavy atom. The van der Waals surface area contributed by atoms with Gasteiger partial charge in [0.15, 0.2) is 5.76 Å². The van der Waals surface area contributed by atoms with E-state index in [2.05, 4.69) is 10.3 Å². The Balaban J connectivity index is 1.82. The van der Waals surface area contributed by atoms with Crippen molar-refractivity contribution in [2.75, 3.05) is 20.3 Å². The van der Waals surface area contributed by atoms with E-state index in [-0.39, 0.29) is 5.91 Å². The number of methoxy groups -OCH3 is 1. The second kappa shape index (κ2) is 8.45. The van der Waals surface area contributed by atoms with Crippen molar-refractivity contribution in [3.8, 4) is 22.8 Å². The quantitative estimate of drug-likeness (QED) is 0.652. The van der Waals surface area contributed by atoms with Crippen LogP contribution in [0.25, 0.3) is 22.8 Å². The molecule has 0 aliphatic rings. The second-order valence-electron chi connectivity index (χ2n) is 6.04. The highest BCUT2D eigenvalue weighted by Crippen LogP contribution is 2.28. The Kier molecular flexibility index (Phi) is 5.81. The zero-order chi connectivity index (χ0) is 18.4. The lowest BCUT2D eigenvalue weighted by Crippen LogP contribution is -2.25. The number of nitrogens with one attached hydrogen (secondary N) is 1. The first kappa shape index (κ1) is 17.9. The number of rotatable bonds is 7. The van der Waals surface area contributed by atoms with Gasteiger partial charge in [-0.3, -0.25) is 4.79 Å². The zero-order valence-electron chi connectivity index (χ0n) is 15.0. The monoisotopic (exact) mass is 350 g/mol. The number of nitrogens with zero attached hydrogens (tertiary/aromatic N) is 1. The van der Waals surface area contributed by atoms with Gasteiger partial charge in [-0.15, -0.1) is 0 Å². The standard InChI is InChI=1S/C21H22N2O3/c1-15-8-10-16(11-9-15)19-14-23-21(26-19)18-7-4-3-6-17(18)20(24)22-12-5-13-25-2/h3-4,6-11,14H,5,12-13H2,1-2H3,(H,22,24). The van der Waals surface area contributed by atoms with Crippen LogP contribution in [-0.4, -0.2) is 31.2 Å². The molecule has 1 amide bonds. The van der Waals surface area contributed by atoms with E-state index in [0.29, 0.717) is 35.9 Å². The minimum atomic E-state index is -0.146. The highest BCUT2D eigenvalue weighted by atomic mass is 16.5. The van der Waals surface area contributed by atoms with E-state index < -0.39 is 0 Å². The first-order valence-electron chi connectivity index (χ1n) is 8.58. The lowest BCUT2D eigenvalue weighted by atomic mass is 10.1. The first-order valence-corrected chi connectivity index (χ1v) is 8.58. The molecule has 3 aromatic rings. The van der Waals surface area contributed by atoms with E-state index in [1.807, 2.05) is 49.4 Å². The molecule has 0 saturated heterocycles. The molecule has 5 heteroatoms. The molecular formula is C21H22N2O3. The van der Waals surface area contributed by atoms with Crippen molar-refractivity contribution in [2.45, 2.75) is 13.3 Å². The fourth-order valence-electron chi connectivity index (χ4n) is 2.63. The Hall–Kier alpha value is -2.92.